The third kappa shape index (κ3) is 3.03. The lowest BCUT2D eigenvalue weighted by molar-refractivity contribution is -0.122. The number of nitrogens with zero attached hydrogens (tertiary/aromatic N) is 2. The number of fused-ring (bicyclic) bond motifs is 1. The van der Waals surface area contributed by atoms with Gasteiger partial charge in [0.1, 0.15) is 0 Å². The summed E-state index contributed by atoms with van der Waals surface area (Å²) in [5.74, 6) is -0.536. The van der Waals surface area contributed by atoms with Gasteiger partial charge in [0.25, 0.3) is 5.91 Å². The van der Waals surface area contributed by atoms with Crippen LogP contribution in [0, 0.1) is 5.92 Å². The van der Waals surface area contributed by atoms with Crippen molar-refractivity contribution in [2.45, 2.75) is 25.7 Å². The van der Waals surface area contributed by atoms with Gasteiger partial charge < -0.3 is 15.5 Å². The largest absolute Gasteiger partial charge is 0.369 e. The highest BCUT2D eigenvalue weighted by atomic mass is 32.1. The van der Waals surface area contributed by atoms with Crippen molar-refractivity contribution < 1.29 is 9.59 Å². The van der Waals surface area contributed by atoms with E-state index in [0.717, 1.165) is 31.4 Å². The quantitative estimate of drug-likeness (QED) is 0.887. The molecule has 1 aliphatic carbocycles. The fraction of sp³-hybridized carbons (Fsp3) is 0.625. The van der Waals surface area contributed by atoms with E-state index in [1.165, 1.54) is 16.9 Å². The molecule has 22 heavy (non-hydrogen) atoms. The highest BCUT2D eigenvalue weighted by molar-refractivity contribution is 7.10. The lowest BCUT2D eigenvalue weighted by Crippen LogP contribution is -2.40. The fourth-order valence-corrected chi connectivity index (χ4v) is 4.50. The van der Waals surface area contributed by atoms with Crippen LogP contribution in [0.4, 0.5) is 0 Å². The summed E-state index contributed by atoms with van der Waals surface area (Å²) < 4.78 is 0. The van der Waals surface area contributed by atoms with Gasteiger partial charge in [0.05, 0.1) is 11.5 Å². The van der Waals surface area contributed by atoms with Crippen LogP contribution in [0.15, 0.2) is 5.38 Å². The summed E-state index contributed by atoms with van der Waals surface area (Å²) in [4.78, 5) is 29.8. The zero-order valence-corrected chi connectivity index (χ0v) is 13.8. The molecule has 1 saturated heterocycles. The molecule has 2 heterocycles. The first-order chi connectivity index (χ1) is 10.6. The summed E-state index contributed by atoms with van der Waals surface area (Å²) in [7, 11) is 1.97. The molecule has 6 heteroatoms. The lowest BCUT2D eigenvalue weighted by atomic mass is 9.95. The number of amides is 2. The SMILES string of the molecule is CN1CCN(C(=O)c2csc3c2CCCC3)C[C@@H](C(N)=O)C1. The molecule has 1 aliphatic heterocycles. The Balaban J connectivity index is 1.81. The van der Waals surface area contributed by atoms with Crippen molar-refractivity contribution in [3.8, 4) is 0 Å². The molecule has 0 bridgehead atoms. The Hall–Kier alpha value is -1.40. The Labute approximate surface area is 135 Å². The second-order valence-electron chi connectivity index (χ2n) is 6.37. The molecule has 120 valence electrons. The van der Waals surface area contributed by atoms with E-state index in [2.05, 4.69) is 4.90 Å². The molecule has 2 aliphatic rings. The number of aryl methyl sites for hydroxylation is 1. The maximum atomic E-state index is 12.9. The molecular formula is C16H23N3O2S. The number of likely N-dealkylation sites (N-methyl/N-ethyl adjacent to an activating group) is 1. The number of nitrogens with two attached hydrogens (primary N) is 1. The predicted molar refractivity (Wildman–Crippen MR) is 87.0 cm³/mol. The minimum atomic E-state index is -0.320. The predicted octanol–water partition coefficient (Wildman–Crippen LogP) is 1.12. The van der Waals surface area contributed by atoms with Crippen molar-refractivity contribution in [1.29, 1.82) is 0 Å². The fourth-order valence-electron chi connectivity index (χ4n) is 3.38. The van der Waals surface area contributed by atoms with Crippen molar-refractivity contribution in [3.05, 3.63) is 21.4 Å². The minimum Gasteiger partial charge on any atom is -0.369 e. The first-order valence-electron chi connectivity index (χ1n) is 7.92. The van der Waals surface area contributed by atoms with Gasteiger partial charge in [0.2, 0.25) is 5.91 Å². The summed E-state index contributed by atoms with van der Waals surface area (Å²) in [6.07, 6.45) is 4.49. The van der Waals surface area contributed by atoms with Crippen LogP contribution < -0.4 is 5.73 Å². The monoisotopic (exact) mass is 321 g/mol. The molecule has 0 radical (unpaired) electrons. The zero-order valence-electron chi connectivity index (χ0n) is 13.0. The van der Waals surface area contributed by atoms with Crippen LogP contribution in [-0.2, 0) is 17.6 Å². The molecule has 2 N–H and O–H groups in total. The minimum absolute atomic E-state index is 0.0703. The summed E-state index contributed by atoms with van der Waals surface area (Å²) in [5, 5.41) is 2.01. The smallest absolute Gasteiger partial charge is 0.255 e. The van der Waals surface area contributed by atoms with Crippen LogP contribution in [-0.4, -0.2) is 54.8 Å². The molecule has 1 aromatic heterocycles. The number of primary amides is 1. The van der Waals surface area contributed by atoms with E-state index >= 15 is 0 Å². The zero-order chi connectivity index (χ0) is 15.7. The average molecular weight is 321 g/mol. The maximum Gasteiger partial charge on any atom is 0.255 e. The maximum absolute atomic E-state index is 12.9. The van der Waals surface area contributed by atoms with E-state index in [4.69, 9.17) is 5.73 Å². The number of hydrogen-bond acceptors (Lipinski definition) is 4. The molecule has 5 nitrogen and oxygen atoms in total. The van der Waals surface area contributed by atoms with Crippen LogP contribution in [0.3, 0.4) is 0 Å². The number of thiophene rings is 1. The van der Waals surface area contributed by atoms with Crippen molar-refractivity contribution in [2.75, 3.05) is 33.2 Å². The van der Waals surface area contributed by atoms with E-state index < -0.39 is 0 Å². The second kappa shape index (κ2) is 6.38. The van der Waals surface area contributed by atoms with E-state index in [-0.39, 0.29) is 17.7 Å². The number of rotatable bonds is 2. The topological polar surface area (TPSA) is 66.6 Å². The Morgan fingerprint density at radius 2 is 2.00 bits per heavy atom. The third-order valence-electron chi connectivity index (χ3n) is 4.71. The highest BCUT2D eigenvalue weighted by Gasteiger charge is 2.30. The van der Waals surface area contributed by atoms with Gasteiger partial charge in [-0.25, -0.2) is 0 Å². The molecule has 0 unspecified atom stereocenters. The second-order valence-corrected chi connectivity index (χ2v) is 7.34. The van der Waals surface area contributed by atoms with E-state index in [9.17, 15) is 9.59 Å². The average Bonchev–Trinajstić information content (AvgIpc) is 2.82. The molecule has 0 aromatic carbocycles. The van der Waals surface area contributed by atoms with Crippen LogP contribution >= 0.6 is 11.3 Å². The summed E-state index contributed by atoms with van der Waals surface area (Å²) in [6.45, 7) is 2.50. The Bertz CT molecular complexity index is 584. The Kier molecular flexibility index (Phi) is 4.49. The van der Waals surface area contributed by atoms with Gasteiger partial charge in [-0.3, -0.25) is 9.59 Å². The first kappa shape index (κ1) is 15.5. The number of carbonyl (C=O) groups is 2. The van der Waals surface area contributed by atoms with E-state index in [1.807, 2.05) is 17.3 Å². The Morgan fingerprint density at radius 1 is 1.23 bits per heavy atom. The summed E-state index contributed by atoms with van der Waals surface area (Å²) in [5.41, 5.74) is 7.59. The normalized spacial score (nSPS) is 23.0. The first-order valence-corrected chi connectivity index (χ1v) is 8.80. The van der Waals surface area contributed by atoms with Crippen LogP contribution in [0.25, 0.3) is 0 Å². The van der Waals surface area contributed by atoms with Gasteiger partial charge in [0.15, 0.2) is 0 Å². The number of carbonyl (C=O) groups excluding carboxylic acids is 2. The van der Waals surface area contributed by atoms with Crippen LogP contribution in [0.5, 0.6) is 0 Å². The van der Waals surface area contributed by atoms with Gasteiger partial charge >= 0.3 is 0 Å². The lowest BCUT2D eigenvalue weighted by Gasteiger charge is -2.23. The molecule has 3 rings (SSSR count). The van der Waals surface area contributed by atoms with Gasteiger partial charge in [-0.1, -0.05) is 0 Å². The van der Waals surface area contributed by atoms with E-state index in [0.29, 0.717) is 19.6 Å². The van der Waals surface area contributed by atoms with Crippen LogP contribution in [0.1, 0.15) is 33.6 Å². The summed E-state index contributed by atoms with van der Waals surface area (Å²) >= 11 is 1.71. The number of hydrogen-bond donors (Lipinski definition) is 1. The molecular weight excluding hydrogens is 298 g/mol. The highest BCUT2D eigenvalue weighted by Crippen LogP contribution is 2.31. The molecule has 0 spiro atoms. The standard InChI is InChI=1S/C16H23N3O2S/c1-18-6-7-19(9-11(8-18)15(17)20)16(21)13-10-22-14-5-3-2-4-12(13)14/h10-11H,2-9H2,1H3,(H2,17,20)/t11-/m0/s1. The van der Waals surface area contributed by atoms with Gasteiger partial charge in [0, 0.05) is 36.4 Å². The third-order valence-corrected chi connectivity index (χ3v) is 5.79. The van der Waals surface area contributed by atoms with Gasteiger partial charge in [-0.05, 0) is 38.3 Å². The molecule has 1 fully saturated rings. The Morgan fingerprint density at radius 3 is 2.77 bits per heavy atom. The van der Waals surface area contributed by atoms with Crippen molar-refractivity contribution in [2.24, 2.45) is 11.7 Å². The molecule has 2 amide bonds. The van der Waals surface area contributed by atoms with Crippen molar-refractivity contribution in [3.63, 3.8) is 0 Å². The van der Waals surface area contributed by atoms with Gasteiger partial charge in [-0.2, -0.15) is 0 Å². The molecule has 1 atom stereocenters. The van der Waals surface area contributed by atoms with E-state index in [1.54, 1.807) is 11.3 Å². The summed E-state index contributed by atoms with van der Waals surface area (Å²) in [6, 6.07) is 0. The van der Waals surface area contributed by atoms with Crippen molar-refractivity contribution >= 4 is 23.2 Å². The molecule has 1 aromatic rings. The van der Waals surface area contributed by atoms with Crippen molar-refractivity contribution in [1.82, 2.24) is 9.80 Å². The molecule has 0 saturated carbocycles. The van der Waals surface area contributed by atoms with Gasteiger partial charge in [-0.15, -0.1) is 11.3 Å². The van der Waals surface area contributed by atoms with Crippen LogP contribution in [0.2, 0.25) is 0 Å².